The van der Waals surface area contributed by atoms with E-state index in [9.17, 15) is 9.59 Å². The van der Waals surface area contributed by atoms with Crippen molar-refractivity contribution in [3.63, 3.8) is 0 Å². The lowest BCUT2D eigenvalue weighted by atomic mass is 10.2. The number of nitrogens with one attached hydrogen (secondary N) is 2. The van der Waals surface area contributed by atoms with Crippen molar-refractivity contribution in [3.8, 4) is 5.75 Å². The molecule has 2 aromatic heterocycles. The van der Waals surface area contributed by atoms with Crippen molar-refractivity contribution in [1.82, 2.24) is 14.7 Å². The van der Waals surface area contributed by atoms with Crippen LogP contribution in [0.3, 0.4) is 0 Å². The smallest absolute Gasteiger partial charge is 0.292 e. The summed E-state index contributed by atoms with van der Waals surface area (Å²) in [6, 6.07) is 12.6. The van der Waals surface area contributed by atoms with Crippen LogP contribution in [0.2, 0.25) is 0 Å². The molecule has 3 aromatic rings. The van der Waals surface area contributed by atoms with Gasteiger partial charge < -0.3 is 15.4 Å². The third-order valence-electron chi connectivity index (χ3n) is 5.00. The van der Waals surface area contributed by atoms with Gasteiger partial charge in [0.15, 0.2) is 5.69 Å². The number of amides is 2. The van der Waals surface area contributed by atoms with Crippen LogP contribution in [0, 0.1) is 0 Å². The van der Waals surface area contributed by atoms with Gasteiger partial charge in [-0.05, 0) is 49.2 Å². The summed E-state index contributed by atoms with van der Waals surface area (Å²) in [5, 5.41) is 5.86. The van der Waals surface area contributed by atoms with Gasteiger partial charge in [-0.3, -0.25) is 14.0 Å². The standard InChI is InChI=1S/C21H22N4O3/c1-28-16-11-9-15(10-12-16)23-21(27)19-24-18(17-8-4-5-13-25(17)19)20(26)22-14-6-2-3-7-14/h4-5,8-14H,2-3,6-7H2,1H3,(H,22,26)(H,23,27). The summed E-state index contributed by atoms with van der Waals surface area (Å²) in [5.41, 5.74) is 1.50. The van der Waals surface area contributed by atoms with E-state index in [-0.39, 0.29) is 29.4 Å². The first kappa shape index (κ1) is 18.0. The number of methoxy groups -OCH3 is 1. The largest absolute Gasteiger partial charge is 0.497 e. The lowest BCUT2D eigenvalue weighted by Gasteiger charge is -2.10. The molecule has 4 rings (SSSR count). The summed E-state index contributed by atoms with van der Waals surface area (Å²) in [7, 11) is 1.59. The van der Waals surface area contributed by atoms with Crippen LogP contribution >= 0.6 is 0 Å². The molecule has 1 aromatic carbocycles. The molecule has 1 fully saturated rings. The van der Waals surface area contributed by atoms with Crippen molar-refractivity contribution >= 4 is 23.0 Å². The predicted octanol–water partition coefficient (Wildman–Crippen LogP) is 3.27. The van der Waals surface area contributed by atoms with Gasteiger partial charge in [0, 0.05) is 17.9 Å². The Morgan fingerprint density at radius 3 is 2.54 bits per heavy atom. The summed E-state index contributed by atoms with van der Waals surface area (Å²) >= 11 is 0. The Morgan fingerprint density at radius 1 is 1.07 bits per heavy atom. The number of anilines is 1. The SMILES string of the molecule is COc1ccc(NC(=O)c2nc(C(=O)NC3CCCC3)c3ccccn23)cc1. The van der Waals surface area contributed by atoms with Gasteiger partial charge in [-0.25, -0.2) is 4.98 Å². The number of rotatable bonds is 5. The van der Waals surface area contributed by atoms with Crippen molar-refractivity contribution in [2.24, 2.45) is 0 Å². The molecule has 0 atom stereocenters. The molecular weight excluding hydrogens is 356 g/mol. The number of nitrogens with zero attached hydrogens (tertiary/aromatic N) is 2. The minimum absolute atomic E-state index is 0.169. The van der Waals surface area contributed by atoms with Crippen molar-refractivity contribution in [3.05, 3.63) is 60.2 Å². The van der Waals surface area contributed by atoms with Crippen LogP contribution in [-0.2, 0) is 0 Å². The molecule has 28 heavy (non-hydrogen) atoms. The second-order valence-electron chi connectivity index (χ2n) is 6.88. The number of aromatic nitrogens is 2. The maximum atomic E-state index is 12.8. The lowest BCUT2D eigenvalue weighted by molar-refractivity contribution is 0.0935. The van der Waals surface area contributed by atoms with E-state index in [1.165, 1.54) is 0 Å². The second kappa shape index (κ2) is 7.72. The topological polar surface area (TPSA) is 84.7 Å². The van der Waals surface area contributed by atoms with Gasteiger partial charge >= 0.3 is 0 Å². The van der Waals surface area contributed by atoms with E-state index < -0.39 is 0 Å². The van der Waals surface area contributed by atoms with Gasteiger partial charge in [-0.15, -0.1) is 0 Å². The van der Waals surface area contributed by atoms with Gasteiger partial charge in [-0.1, -0.05) is 18.9 Å². The number of hydrogen-bond acceptors (Lipinski definition) is 4. The lowest BCUT2D eigenvalue weighted by Crippen LogP contribution is -2.33. The predicted molar refractivity (Wildman–Crippen MR) is 106 cm³/mol. The molecule has 7 heteroatoms. The molecule has 0 radical (unpaired) electrons. The second-order valence-corrected chi connectivity index (χ2v) is 6.88. The first-order valence-corrected chi connectivity index (χ1v) is 9.39. The zero-order valence-electron chi connectivity index (χ0n) is 15.6. The van der Waals surface area contributed by atoms with Crippen LogP contribution in [0.15, 0.2) is 48.7 Å². The molecule has 0 aliphatic heterocycles. The molecule has 0 saturated heterocycles. The highest BCUT2D eigenvalue weighted by atomic mass is 16.5. The number of carbonyl (C=O) groups excluding carboxylic acids is 2. The number of imidazole rings is 1. The number of ether oxygens (including phenoxy) is 1. The number of pyridine rings is 1. The number of fused-ring (bicyclic) bond motifs is 1. The van der Waals surface area contributed by atoms with E-state index in [0.717, 1.165) is 25.7 Å². The first-order chi connectivity index (χ1) is 13.7. The van der Waals surface area contributed by atoms with Crippen LogP contribution in [-0.4, -0.2) is 34.4 Å². The summed E-state index contributed by atoms with van der Waals surface area (Å²) in [6.45, 7) is 0. The fourth-order valence-electron chi connectivity index (χ4n) is 3.55. The summed E-state index contributed by atoms with van der Waals surface area (Å²) < 4.78 is 6.77. The Morgan fingerprint density at radius 2 is 1.82 bits per heavy atom. The molecule has 1 saturated carbocycles. The van der Waals surface area contributed by atoms with E-state index in [4.69, 9.17) is 4.74 Å². The average Bonchev–Trinajstić information content (AvgIpc) is 3.36. The monoisotopic (exact) mass is 378 g/mol. The Kier molecular flexibility index (Phi) is 4.97. The number of carbonyl (C=O) groups is 2. The molecule has 0 unspecified atom stereocenters. The molecule has 1 aliphatic carbocycles. The Balaban J connectivity index is 1.61. The van der Waals surface area contributed by atoms with Crippen molar-refractivity contribution < 1.29 is 14.3 Å². The fourth-order valence-corrected chi connectivity index (χ4v) is 3.55. The van der Waals surface area contributed by atoms with E-state index in [1.807, 2.05) is 6.07 Å². The minimum Gasteiger partial charge on any atom is -0.497 e. The quantitative estimate of drug-likeness (QED) is 0.714. The van der Waals surface area contributed by atoms with E-state index in [2.05, 4.69) is 15.6 Å². The Labute approximate surface area is 162 Å². The third-order valence-corrected chi connectivity index (χ3v) is 5.00. The van der Waals surface area contributed by atoms with Gasteiger partial charge in [-0.2, -0.15) is 0 Å². The van der Waals surface area contributed by atoms with Crippen molar-refractivity contribution in [1.29, 1.82) is 0 Å². The highest BCUT2D eigenvalue weighted by Gasteiger charge is 2.24. The molecule has 2 heterocycles. The molecule has 0 spiro atoms. The Bertz CT molecular complexity index is 1000. The number of benzene rings is 1. The summed E-state index contributed by atoms with van der Waals surface area (Å²) in [6.07, 6.45) is 5.97. The van der Waals surface area contributed by atoms with Gasteiger partial charge in [0.2, 0.25) is 5.82 Å². The number of hydrogen-bond donors (Lipinski definition) is 2. The Hall–Kier alpha value is -3.35. The van der Waals surface area contributed by atoms with Crippen LogP contribution in [0.25, 0.3) is 5.52 Å². The molecule has 2 N–H and O–H groups in total. The van der Waals surface area contributed by atoms with Crippen LogP contribution in [0.5, 0.6) is 5.75 Å². The zero-order valence-corrected chi connectivity index (χ0v) is 15.6. The molecular formula is C21H22N4O3. The zero-order chi connectivity index (χ0) is 19.5. The van der Waals surface area contributed by atoms with Crippen LogP contribution in [0.1, 0.15) is 46.8 Å². The van der Waals surface area contributed by atoms with Crippen LogP contribution in [0.4, 0.5) is 5.69 Å². The average molecular weight is 378 g/mol. The van der Waals surface area contributed by atoms with Crippen molar-refractivity contribution in [2.75, 3.05) is 12.4 Å². The highest BCUT2D eigenvalue weighted by molar-refractivity contribution is 6.06. The molecule has 1 aliphatic rings. The highest BCUT2D eigenvalue weighted by Crippen LogP contribution is 2.20. The molecule has 144 valence electrons. The fraction of sp³-hybridized carbons (Fsp3) is 0.286. The summed E-state index contributed by atoms with van der Waals surface area (Å²) in [5.74, 6) is 0.253. The van der Waals surface area contributed by atoms with E-state index >= 15 is 0 Å². The van der Waals surface area contributed by atoms with Gasteiger partial charge in [0.25, 0.3) is 11.8 Å². The van der Waals surface area contributed by atoms with Gasteiger partial charge in [0.05, 0.1) is 12.6 Å². The first-order valence-electron chi connectivity index (χ1n) is 9.39. The maximum absolute atomic E-state index is 12.8. The van der Waals surface area contributed by atoms with E-state index in [1.54, 1.807) is 54.1 Å². The molecule has 7 nitrogen and oxygen atoms in total. The van der Waals surface area contributed by atoms with Gasteiger partial charge in [0.1, 0.15) is 5.75 Å². The van der Waals surface area contributed by atoms with Crippen molar-refractivity contribution in [2.45, 2.75) is 31.7 Å². The summed E-state index contributed by atoms with van der Waals surface area (Å²) in [4.78, 5) is 29.9. The van der Waals surface area contributed by atoms with E-state index in [0.29, 0.717) is 17.0 Å². The maximum Gasteiger partial charge on any atom is 0.292 e. The molecule has 2 amide bonds. The molecule has 0 bridgehead atoms. The van der Waals surface area contributed by atoms with Crippen LogP contribution < -0.4 is 15.4 Å². The third kappa shape index (κ3) is 3.55. The normalized spacial score (nSPS) is 14.2. The minimum atomic E-state index is -0.383.